The van der Waals surface area contributed by atoms with E-state index in [2.05, 4.69) is 29.4 Å². The maximum Gasteiger partial charge on any atom is 0.161 e. The summed E-state index contributed by atoms with van der Waals surface area (Å²) in [6, 6.07) is 6.81. The van der Waals surface area contributed by atoms with Gasteiger partial charge in [-0.2, -0.15) is 0 Å². The van der Waals surface area contributed by atoms with Crippen molar-refractivity contribution in [1.29, 1.82) is 0 Å². The lowest BCUT2D eigenvalue weighted by atomic mass is 10.0. The van der Waals surface area contributed by atoms with Crippen LogP contribution in [-0.2, 0) is 6.42 Å². The Morgan fingerprint density at radius 2 is 1.90 bits per heavy atom. The number of nitrogens with zero attached hydrogens (tertiary/aromatic N) is 1. The fourth-order valence-electron chi connectivity index (χ4n) is 3.03. The second-order valence-corrected chi connectivity index (χ2v) is 5.68. The van der Waals surface area contributed by atoms with Crippen LogP contribution < -0.4 is 14.8 Å². The van der Waals surface area contributed by atoms with Gasteiger partial charge in [0.15, 0.2) is 11.5 Å². The first-order valence-corrected chi connectivity index (χ1v) is 7.63. The molecule has 2 aliphatic heterocycles. The lowest BCUT2D eigenvalue weighted by Crippen LogP contribution is -2.39. The lowest BCUT2D eigenvalue weighted by Gasteiger charge is -2.24. The van der Waals surface area contributed by atoms with Crippen molar-refractivity contribution >= 4 is 0 Å². The van der Waals surface area contributed by atoms with Crippen LogP contribution in [-0.4, -0.2) is 50.8 Å². The summed E-state index contributed by atoms with van der Waals surface area (Å²) >= 11 is 0. The van der Waals surface area contributed by atoms with Gasteiger partial charge in [-0.3, -0.25) is 0 Å². The number of ether oxygens (including phenoxy) is 2. The minimum Gasteiger partial charge on any atom is -0.486 e. The van der Waals surface area contributed by atoms with Crippen molar-refractivity contribution in [3.8, 4) is 11.5 Å². The highest BCUT2D eigenvalue weighted by Crippen LogP contribution is 2.31. The molecule has 1 N–H and O–H groups in total. The first-order valence-electron chi connectivity index (χ1n) is 7.63. The molecule has 0 aliphatic carbocycles. The molecule has 0 aromatic heterocycles. The third kappa shape index (κ3) is 3.25. The molecule has 20 heavy (non-hydrogen) atoms. The van der Waals surface area contributed by atoms with E-state index in [0.717, 1.165) is 24.5 Å². The monoisotopic (exact) mass is 276 g/mol. The van der Waals surface area contributed by atoms with Crippen LogP contribution in [0.4, 0.5) is 0 Å². The Morgan fingerprint density at radius 3 is 2.65 bits per heavy atom. The molecule has 0 unspecified atom stereocenters. The Bertz CT molecular complexity index is 444. The van der Waals surface area contributed by atoms with Gasteiger partial charge in [-0.25, -0.2) is 0 Å². The average molecular weight is 276 g/mol. The van der Waals surface area contributed by atoms with Gasteiger partial charge in [0.25, 0.3) is 0 Å². The molecule has 2 heterocycles. The van der Waals surface area contributed by atoms with E-state index in [9.17, 15) is 0 Å². The maximum absolute atomic E-state index is 5.66. The van der Waals surface area contributed by atoms with Crippen molar-refractivity contribution in [2.45, 2.75) is 25.3 Å². The Labute approximate surface area is 121 Å². The number of likely N-dealkylation sites (tertiary alicyclic amines) is 1. The molecule has 1 saturated heterocycles. The molecule has 0 amide bonds. The van der Waals surface area contributed by atoms with Gasteiger partial charge in [-0.1, -0.05) is 6.07 Å². The molecule has 4 nitrogen and oxygen atoms in total. The second kappa shape index (κ2) is 6.46. The van der Waals surface area contributed by atoms with Crippen LogP contribution in [0.5, 0.6) is 11.5 Å². The van der Waals surface area contributed by atoms with Gasteiger partial charge in [-0.05, 0) is 57.1 Å². The Hall–Kier alpha value is -1.26. The third-order valence-electron chi connectivity index (χ3n) is 4.17. The molecule has 4 heteroatoms. The molecule has 0 bridgehead atoms. The molecular formula is C16H24N2O2. The van der Waals surface area contributed by atoms with Crippen LogP contribution in [0.3, 0.4) is 0 Å². The van der Waals surface area contributed by atoms with Crippen molar-refractivity contribution in [3.63, 3.8) is 0 Å². The topological polar surface area (TPSA) is 33.7 Å². The standard InChI is InChI=1S/C16H24N2O2/c1-17-14(12-18-6-2-3-7-18)10-13-4-5-15-16(11-13)20-9-8-19-15/h4-5,11,14,17H,2-3,6-10,12H2,1H3/t14-/m0/s1. The fraction of sp³-hybridized carbons (Fsp3) is 0.625. The number of hydrogen-bond donors (Lipinski definition) is 1. The number of fused-ring (bicyclic) bond motifs is 1. The van der Waals surface area contributed by atoms with Gasteiger partial charge in [0.2, 0.25) is 0 Å². The Balaban J connectivity index is 1.62. The van der Waals surface area contributed by atoms with Gasteiger partial charge in [0, 0.05) is 12.6 Å². The van der Waals surface area contributed by atoms with Gasteiger partial charge < -0.3 is 19.7 Å². The van der Waals surface area contributed by atoms with Gasteiger partial charge in [0.1, 0.15) is 13.2 Å². The molecule has 0 radical (unpaired) electrons. The second-order valence-electron chi connectivity index (χ2n) is 5.68. The van der Waals surface area contributed by atoms with Crippen LogP contribution in [0.2, 0.25) is 0 Å². The van der Waals surface area contributed by atoms with Gasteiger partial charge >= 0.3 is 0 Å². The van der Waals surface area contributed by atoms with E-state index in [-0.39, 0.29) is 0 Å². The normalized spacial score (nSPS) is 20.1. The predicted molar refractivity (Wildman–Crippen MR) is 79.7 cm³/mol. The van der Waals surface area contributed by atoms with Crippen LogP contribution in [0.1, 0.15) is 18.4 Å². The zero-order chi connectivity index (χ0) is 13.8. The highest BCUT2D eigenvalue weighted by molar-refractivity contribution is 5.44. The highest BCUT2D eigenvalue weighted by atomic mass is 16.6. The van der Waals surface area contributed by atoms with Crippen LogP contribution in [0, 0.1) is 0 Å². The third-order valence-corrected chi connectivity index (χ3v) is 4.17. The zero-order valence-corrected chi connectivity index (χ0v) is 12.2. The molecule has 0 spiro atoms. The molecule has 3 rings (SSSR count). The maximum atomic E-state index is 5.66. The highest BCUT2D eigenvalue weighted by Gasteiger charge is 2.18. The molecule has 1 atom stereocenters. The number of benzene rings is 1. The smallest absolute Gasteiger partial charge is 0.161 e. The Kier molecular flexibility index (Phi) is 4.43. The summed E-state index contributed by atoms with van der Waals surface area (Å²) in [5, 5.41) is 3.44. The molecule has 1 fully saturated rings. The van der Waals surface area contributed by atoms with E-state index >= 15 is 0 Å². The zero-order valence-electron chi connectivity index (χ0n) is 12.2. The fourth-order valence-corrected chi connectivity index (χ4v) is 3.03. The summed E-state index contributed by atoms with van der Waals surface area (Å²) < 4.78 is 11.2. The number of hydrogen-bond acceptors (Lipinski definition) is 4. The lowest BCUT2D eigenvalue weighted by molar-refractivity contribution is 0.171. The van der Waals surface area contributed by atoms with Crippen LogP contribution in [0.15, 0.2) is 18.2 Å². The molecule has 1 aromatic carbocycles. The average Bonchev–Trinajstić information content (AvgIpc) is 2.99. The van der Waals surface area contributed by atoms with E-state index in [0.29, 0.717) is 19.3 Å². The SMILES string of the molecule is CN[C@@H](Cc1ccc2c(c1)OCCO2)CN1CCCC1. The summed E-state index contributed by atoms with van der Waals surface area (Å²) in [7, 11) is 2.05. The first-order chi connectivity index (χ1) is 9.85. The summed E-state index contributed by atoms with van der Waals surface area (Å²) in [6.45, 7) is 4.93. The number of nitrogens with one attached hydrogen (secondary N) is 1. The predicted octanol–water partition coefficient (Wildman–Crippen LogP) is 1.68. The summed E-state index contributed by atoms with van der Waals surface area (Å²) in [6.07, 6.45) is 3.73. The summed E-state index contributed by atoms with van der Waals surface area (Å²) in [5.74, 6) is 1.77. The summed E-state index contributed by atoms with van der Waals surface area (Å²) in [4.78, 5) is 2.55. The molecule has 2 aliphatic rings. The quantitative estimate of drug-likeness (QED) is 0.887. The summed E-state index contributed by atoms with van der Waals surface area (Å²) in [5.41, 5.74) is 1.31. The van der Waals surface area contributed by atoms with Crippen molar-refractivity contribution in [2.75, 3.05) is 39.9 Å². The van der Waals surface area contributed by atoms with E-state index in [1.807, 2.05) is 6.07 Å². The van der Waals surface area contributed by atoms with Crippen molar-refractivity contribution in [3.05, 3.63) is 23.8 Å². The van der Waals surface area contributed by atoms with Crippen molar-refractivity contribution in [2.24, 2.45) is 0 Å². The minimum absolute atomic E-state index is 0.496. The molecule has 110 valence electrons. The molecule has 1 aromatic rings. The van der Waals surface area contributed by atoms with Gasteiger partial charge in [0.05, 0.1) is 0 Å². The van der Waals surface area contributed by atoms with Crippen molar-refractivity contribution < 1.29 is 9.47 Å². The first kappa shape index (κ1) is 13.7. The Morgan fingerprint density at radius 1 is 1.15 bits per heavy atom. The van der Waals surface area contributed by atoms with Crippen LogP contribution in [0.25, 0.3) is 0 Å². The minimum atomic E-state index is 0.496. The van der Waals surface area contributed by atoms with Crippen LogP contribution >= 0.6 is 0 Å². The van der Waals surface area contributed by atoms with E-state index in [4.69, 9.17) is 9.47 Å². The largest absolute Gasteiger partial charge is 0.486 e. The molecule has 0 saturated carbocycles. The van der Waals surface area contributed by atoms with E-state index < -0.39 is 0 Å². The van der Waals surface area contributed by atoms with Gasteiger partial charge in [-0.15, -0.1) is 0 Å². The van der Waals surface area contributed by atoms with E-state index in [1.54, 1.807) is 0 Å². The number of likely N-dealkylation sites (N-methyl/N-ethyl adjacent to an activating group) is 1. The number of rotatable bonds is 5. The van der Waals surface area contributed by atoms with Crippen molar-refractivity contribution in [1.82, 2.24) is 10.2 Å². The molecular weight excluding hydrogens is 252 g/mol. The van der Waals surface area contributed by atoms with E-state index in [1.165, 1.54) is 31.5 Å².